The Morgan fingerprint density at radius 1 is 0.393 bits per heavy atom. The van der Waals surface area contributed by atoms with Crippen LogP contribution in [-0.2, 0) is 28.5 Å². The third-order valence-electron chi connectivity index (χ3n) is 8.28. The molecule has 0 aliphatic heterocycles. The predicted octanol–water partition coefficient (Wildman–Crippen LogP) is 8.17. The lowest BCUT2D eigenvalue weighted by Crippen LogP contribution is -2.10. The van der Waals surface area contributed by atoms with E-state index in [2.05, 4.69) is 13.2 Å². The molecular formula is C44H44O12. The van der Waals surface area contributed by atoms with Gasteiger partial charge in [0.05, 0.1) is 48.7 Å². The zero-order valence-electron chi connectivity index (χ0n) is 31.0. The van der Waals surface area contributed by atoms with Crippen molar-refractivity contribution in [1.29, 1.82) is 0 Å². The lowest BCUT2D eigenvalue weighted by Gasteiger charge is -2.09. The van der Waals surface area contributed by atoms with Crippen LogP contribution in [0.5, 0.6) is 11.5 Å². The third-order valence-corrected chi connectivity index (χ3v) is 8.28. The fraction of sp³-hybridized carbons (Fsp3) is 0.273. The molecule has 0 saturated carbocycles. The Morgan fingerprint density at radius 2 is 0.696 bits per heavy atom. The molecule has 0 N–H and O–H groups in total. The maximum absolute atomic E-state index is 12.8. The summed E-state index contributed by atoms with van der Waals surface area (Å²) in [5, 5.41) is 1.47. The summed E-state index contributed by atoms with van der Waals surface area (Å²) < 4.78 is 31.6. The van der Waals surface area contributed by atoms with Crippen molar-refractivity contribution in [3.8, 4) is 11.5 Å². The number of fused-ring (bicyclic) bond motifs is 1. The molecule has 12 heteroatoms. The molecule has 0 unspecified atom stereocenters. The van der Waals surface area contributed by atoms with Crippen molar-refractivity contribution in [2.24, 2.45) is 0 Å². The number of hydrogen-bond donors (Lipinski definition) is 0. The average Bonchev–Trinajstić information content (AvgIpc) is 3.22. The molecule has 0 heterocycles. The minimum Gasteiger partial charge on any atom is -0.463 e. The zero-order valence-corrected chi connectivity index (χ0v) is 31.0. The molecule has 0 spiro atoms. The first kappa shape index (κ1) is 42.2. The molecule has 0 aliphatic carbocycles. The fourth-order valence-electron chi connectivity index (χ4n) is 5.22. The van der Waals surface area contributed by atoms with E-state index in [1.165, 1.54) is 48.5 Å². The van der Waals surface area contributed by atoms with Crippen molar-refractivity contribution in [3.63, 3.8) is 0 Å². The fourth-order valence-corrected chi connectivity index (χ4v) is 5.22. The van der Waals surface area contributed by atoms with Crippen LogP contribution in [0.3, 0.4) is 0 Å². The highest BCUT2D eigenvalue weighted by Crippen LogP contribution is 2.26. The van der Waals surface area contributed by atoms with E-state index in [0.717, 1.165) is 48.6 Å². The lowest BCUT2D eigenvalue weighted by molar-refractivity contribution is -0.138. The Morgan fingerprint density at radius 3 is 1.02 bits per heavy atom. The van der Waals surface area contributed by atoms with E-state index in [1.54, 1.807) is 36.4 Å². The van der Waals surface area contributed by atoms with Crippen LogP contribution in [0.15, 0.2) is 110 Å². The second-order valence-corrected chi connectivity index (χ2v) is 12.4. The van der Waals surface area contributed by atoms with Gasteiger partial charge in [-0.05, 0) is 135 Å². The number of carbonyl (C=O) groups is 6. The van der Waals surface area contributed by atoms with Crippen LogP contribution in [0.4, 0.5) is 0 Å². The van der Waals surface area contributed by atoms with E-state index in [0.29, 0.717) is 61.5 Å². The molecule has 4 aromatic rings. The van der Waals surface area contributed by atoms with Gasteiger partial charge in [0.25, 0.3) is 0 Å². The Bertz CT molecular complexity index is 1850. The quantitative estimate of drug-likeness (QED) is 0.0249. The number of benzene rings is 4. The molecule has 0 fully saturated rings. The highest BCUT2D eigenvalue weighted by Gasteiger charge is 2.15. The molecule has 0 amide bonds. The standard InChI is InChI=1S/C44H44O12/c1-3-39(45)51-25-9-5-7-11-27-53-41(47)31-13-17-33(18-14-31)43(49)55-37-23-21-36-30-38(24-22-35(36)29-37)56-44(50)34-19-15-32(16-20-34)42(48)54-28-12-8-6-10-26-52-40(46)4-2/h3-4,13-24,29-30H,1-2,5-12,25-28H2. The summed E-state index contributed by atoms with van der Waals surface area (Å²) >= 11 is 0. The molecule has 292 valence electrons. The number of ether oxygens (including phenoxy) is 6. The minimum atomic E-state index is -0.606. The van der Waals surface area contributed by atoms with Crippen LogP contribution >= 0.6 is 0 Å². The van der Waals surface area contributed by atoms with E-state index in [-0.39, 0.29) is 24.3 Å². The van der Waals surface area contributed by atoms with Gasteiger partial charge in [0, 0.05) is 12.2 Å². The van der Waals surface area contributed by atoms with Gasteiger partial charge < -0.3 is 28.4 Å². The van der Waals surface area contributed by atoms with Gasteiger partial charge in [0.15, 0.2) is 0 Å². The van der Waals surface area contributed by atoms with Gasteiger partial charge in [-0.1, -0.05) is 25.3 Å². The zero-order chi connectivity index (χ0) is 40.1. The molecular weight excluding hydrogens is 720 g/mol. The van der Waals surface area contributed by atoms with Crippen LogP contribution in [0.2, 0.25) is 0 Å². The van der Waals surface area contributed by atoms with E-state index >= 15 is 0 Å². The number of esters is 6. The Balaban J connectivity index is 1.18. The van der Waals surface area contributed by atoms with Crippen molar-refractivity contribution in [3.05, 3.63) is 132 Å². The third kappa shape index (κ3) is 14.0. The summed E-state index contributed by atoms with van der Waals surface area (Å²) in [6, 6.07) is 22.0. The monoisotopic (exact) mass is 764 g/mol. The highest BCUT2D eigenvalue weighted by atomic mass is 16.6. The van der Waals surface area contributed by atoms with Gasteiger partial charge in [0.2, 0.25) is 0 Å². The van der Waals surface area contributed by atoms with Gasteiger partial charge in [-0.25, -0.2) is 28.8 Å². The molecule has 0 aromatic heterocycles. The number of rotatable bonds is 22. The van der Waals surface area contributed by atoms with Crippen molar-refractivity contribution >= 4 is 46.6 Å². The summed E-state index contributed by atoms with van der Waals surface area (Å²) in [4.78, 5) is 72.5. The molecule has 4 aromatic carbocycles. The van der Waals surface area contributed by atoms with Gasteiger partial charge in [0.1, 0.15) is 11.5 Å². The first-order chi connectivity index (χ1) is 27.2. The summed E-state index contributed by atoms with van der Waals surface area (Å²) in [6.45, 7) is 7.83. The van der Waals surface area contributed by atoms with E-state index in [4.69, 9.17) is 28.4 Å². The van der Waals surface area contributed by atoms with Crippen molar-refractivity contribution in [2.75, 3.05) is 26.4 Å². The van der Waals surface area contributed by atoms with Gasteiger partial charge in [-0.15, -0.1) is 0 Å². The Labute approximate surface area is 325 Å². The van der Waals surface area contributed by atoms with Crippen LogP contribution in [0, 0.1) is 0 Å². The highest BCUT2D eigenvalue weighted by molar-refractivity contribution is 5.96. The van der Waals surface area contributed by atoms with E-state index < -0.39 is 35.8 Å². The number of carbonyl (C=O) groups excluding carboxylic acids is 6. The second-order valence-electron chi connectivity index (χ2n) is 12.4. The topological polar surface area (TPSA) is 158 Å². The average molecular weight is 765 g/mol. The molecule has 0 bridgehead atoms. The molecule has 0 radical (unpaired) electrons. The summed E-state index contributed by atoms with van der Waals surface area (Å²) in [7, 11) is 0. The smallest absolute Gasteiger partial charge is 0.343 e. The molecule has 56 heavy (non-hydrogen) atoms. The summed E-state index contributed by atoms with van der Waals surface area (Å²) in [5.74, 6) is -2.49. The summed E-state index contributed by atoms with van der Waals surface area (Å²) in [5.41, 5.74) is 1.11. The number of unbranched alkanes of at least 4 members (excludes halogenated alkanes) is 6. The van der Waals surface area contributed by atoms with Gasteiger partial charge in [-0.2, -0.15) is 0 Å². The van der Waals surface area contributed by atoms with Crippen LogP contribution in [0.25, 0.3) is 10.8 Å². The Hall–Kier alpha value is -6.56. The minimum absolute atomic E-state index is 0.248. The van der Waals surface area contributed by atoms with E-state index in [9.17, 15) is 28.8 Å². The van der Waals surface area contributed by atoms with Crippen molar-refractivity contribution in [2.45, 2.75) is 51.4 Å². The van der Waals surface area contributed by atoms with Gasteiger partial charge in [-0.3, -0.25) is 0 Å². The first-order valence-electron chi connectivity index (χ1n) is 18.3. The van der Waals surface area contributed by atoms with E-state index in [1.807, 2.05) is 0 Å². The SMILES string of the molecule is C=CC(=O)OCCCCCCOC(=O)c1ccc(C(=O)Oc2ccc3cc(OC(=O)c4ccc(C(=O)OCCCCCCOC(=O)C=C)cc4)ccc3c2)cc1. The molecule has 12 nitrogen and oxygen atoms in total. The van der Waals surface area contributed by atoms with Crippen molar-refractivity contribution in [1.82, 2.24) is 0 Å². The van der Waals surface area contributed by atoms with Crippen LogP contribution in [0.1, 0.15) is 92.8 Å². The molecule has 0 saturated heterocycles. The largest absolute Gasteiger partial charge is 0.463 e. The second kappa shape index (κ2) is 22.6. The van der Waals surface area contributed by atoms with Crippen LogP contribution < -0.4 is 9.47 Å². The van der Waals surface area contributed by atoms with Gasteiger partial charge >= 0.3 is 35.8 Å². The molecule has 0 aliphatic rings. The first-order valence-corrected chi connectivity index (χ1v) is 18.3. The maximum Gasteiger partial charge on any atom is 0.343 e. The lowest BCUT2D eigenvalue weighted by atomic mass is 10.1. The summed E-state index contributed by atoms with van der Waals surface area (Å²) in [6.07, 6.45) is 8.31. The predicted molar refractivity (Wildman–Crippen MR) is 207 cm³/mol. The van der Waals surface area contributed by atoms with Crippen molar-refractivity contribution < 1.29 is 57.2 Å². The normalized spacial score (nSPS) is 10.5. The maximum atomic E-state index is 12.8. The Kier molecular flexibility index (Phi) is 17.0. The molecule has 4 rings (SSSR count). The van der Waals surface area contributed by atoms with Crippen LogP contribution in [-0.4, -0.2) is 62.2 Å². The molecule has 0 atom stereocenters. The number of hydrogen-bond acceptors (Lipinski definition) is 12.